The van der Waals surface area contributed by atoms with Gasteiger partial charge in [-0.3, -0.25) is 14.3 Å². The lowest BCUT2D eigenvalue weighted by Gasteiger charge is -2.31. The fourth-order valence-electron chi connectivity index (χ4n) is 2.64. The van der Waals surface area contributed by atoms with Gasteiger partial charge in [-0.05, 0) is 33.8 Å². The molecule has 1 amide bonds. The van der Waals surface area contributed by atoms with Crippen molar-refractivity contribution in [2.75, 3.05) is 19.7 Å². The number of hydrogen-bond donors (Lipinski definition) is 1. The lowest BCUT2D eigenvalue weighted by molar-refractivity contribution is -0.141. The van der Waals surface area contributed by atoms with E-state index in [4.69, 9.17) is 9.84 Å². The first kappa shape index (κ1) is 16.5. The Kier molecular flexibility index (Phi) is 4.55. The minimum Gasteiger partial charge on any atom is -0.481 e. The first-order valence-corrected chi connectivity index (χ1v) is 7.38. The van der Waals surface area contributed by atoms with Gasteiger partial charge >= 0.3 is 5.97 Å². The molecule has 22 heavy (non-hydrogen) atoms. The molecule has 0 saturated carbocycles. The summed E-state index contributed by atoms with van der Waals surface area (Å²) in [6.07, 6.45) is -0.555. The zero-order valence-electron chi connectivity index (χ0n) is 13.5. The van der Waals surface area contributed by atoms with E-state index in [-0.39, 0.29) is 24.4 Å². The zero-order chi connectivity index (χ0) is 16.5. The third kappa shape index (κ3) is 3.65. The molecular weight excluding hydrogens is 286 g/mol. The zero-order valence-corrected chi connectivity index (χ0v) is 13.5. The Labute approximate surface area is 129 Å². The van der Waals surface area contributed by atoms with E-state index >= 15 is 0 Å². The van der Waals surface area contributed by atoms with Gasteiger partial charge in [0.25, 0.3) is 5.91 Å². The molecule has 1 saturated heterocycles. The number of carbonyl (C=O) groups excluding carboxylic acids is 1. The maximum atomic E-state index is 12.6. The van der Waals surface area contributed by atoms with E-state index in [0.29, 0.717) is 18.8 Å². The quantitative estimate of drug-likeness (QED) is 0.908. The van der Waals surface area contributed by atoms with E-state index in [1.54, 1.807) is 11.0 Å². The fourth-order valence-corrected chi connectivity index (χ4v) is 2.64. The van der Waals surface area contributed by atoms with E-state index in [0.717, 1.165) is 5.69 Å². The van der Waals surface area contributed by atoms with Crippen LogP contribution in [0.3, 0.4) is 0 Å². The molecule has 0 radical (unpaired) electrons. The largest absolute Gasteiger partial charge is 0.481 e. The average molecular weight is 309 g/mol. The van der Waals surface area contributed by atoms with Gasteiger partial charge in [-0.15, -0.1) is 0 Å². The van der Waals surface area contributed by atoms with Gasteiger partial charge in [0.2, 0.25) is 0 Å². The topological polar surface area (TPSA) is 84.7 Å². The molecule has 1 unspecified atom stereocenters. The molecule has 0 spiro atoms. The van der Waals surface area contributed by atoms with Crippen LogP contribution >= 0.6 is 0 Å². The number of ether oxygens (including phenoxy) is 1. The number of morpholine rings is 1. The molecular formula is C15H23N3O4. The van der Waals surface area contributed by atoms with Gasteiger partial charge in [0.15, 0.2) is 5.69 Å². The second-order valence-corrected chi connectivity index (χ2v) is 6.60. The van der Waals surface area contributed by atoms with Gasteiger partial charge in [-0.25, -0.2) is 0 Å². The summed E-state index contributed by atoms with van der Waals surface area (Å²) in [5, 5.41) is 13.2. The summed E-state index contributed by atoms with van der Waals surface area (Å²) in [5.41, 5.74) is 1.12. The first-order valence-electron chi connectivity index (χ1n) is 7.38. The Balaban J connectivity index is 2.13. The van der Waals surface area contributed by atoms with Gasteiger partial charge in [-0.2, -0.15) is 5.10 Å². The molecule has 7 nitrogen and oxygen atoms in total. The fraction of sp³-hybridized carbons (Fsp3) is 0.667. The summed E-state index contributed by atoms with van der Waals surface area (Å²) in [4.78, 5) is 25.0. The molecule has 1 atom stereocenters. The molecule has 2 rings (SSSR count). The van der Waals surface area contributed by atoms with Gasteiger partial charge in [0, 0.05) is 18.8 Å². The standard InChI is InChI=1S/C15H23N3O4/c1-10-7-12(16-18(10)15(2,3)4)14(21)17-5-6-22-11(9-17)8-13(19)20/h7,11H,5-6,8-9H2,1-4H3,(H,19,20). The van der Waals surface area contributed by atoms with Crippen molar-refractivity contribution in [1.29, 1.82) is 0 Å². The Morgan fingerprint density at radius 1 is 1.45 bits per heavy atom. The van der Waals surface area contributed by atoms with Gasteiger partial charge in [-0.1, -0.05) is 0 Å². The van der Waals surface area contributed by atoms with E-state index < -0.39 is 12.1 Å². The van der Waals surface area contributed by atoms with Crippen LogP contribution in [0.4, 0.5) is 0 Å². The number of amides is 1. The highest BCUT2D eigenvalue weighted by Gasteiger charge is 2.29. The number of carboxylic acids is 1. The summed E-state index contributed by atoms with van der Waals surface area (Å²) >= 11 is 0. The van der Waals surface area contributed by atoms with Crippen LogP contribution in [0.25, 0.3) is 0 Å². The summed E-state index contributed by atoms with van der Waals surface area (Å²) in [5.74, 6) is -1.10. The van der Waals surface area contributed by atoms with Crippen molar-refractivity contribution in [3.8, 4) is 0 Å². The maximum Gasteiger partial charge on any atom is 0.306 e. The Bertz CT molecular complexity index is 574. The highest BCUT2D eigenvalue weighted by Crippen LogP contribution is 2.18. The van der Waals surface area contributed by atoms with Crippen molar-refractivity contribution >= 4 is 11.9 Å². The van der Waals surface area contributed by atoms with Crippen LogP contribution in [-0.2, 0) is 15.1 Å². The molecule has 1 N–H and O–H groups in total. The molecule has 0 aliphatic carbocycles. The number of rotatable bonds is 3. The van der Waals surface area contributed by atoms with E-state index in [9.17, 15) is 9.59 Å². The SMILES string of the molecule is Cc1cc(C(=O)N2CCOC(CC(=O)O)C2)nn1C(C)(C)C. The molecule has 1 fully saturated rings. The van der Waals surface area contributed by atoms with Crippen molar-refractivity contribution in [2.24, 2.45) is 0 Å². The number of nitrogens with zero attached hydrogens (tertiary/aromatic N) is 3. The van der Waals surface area contributed by atoms with Gasteiger partial charge in [0.05, 0.1) is 24.7 Å². The second kappa shape index (κ2) is 6.08. The molecule has 1 aliphatic heterocycles. The number of aromatic nitrogens is 2. The normalized spacial score (nSPS) is 19.3. The number of carboxylic acid groups (broad SMARTS) is 1. The van der Waals surface area contributed by atoms with Gasteiger partial charge in [0.1, 0.15) is 0 Å². The van der Waals surface area contributed by atoms with Crippen molar-refractivity contribution in [3.63, 3.8) is 0 Å². The molecule has 1 aliphatic rings. The van der Waals surface area contributed by atoms with Crippen molar-refractivity contribution in [1.82, 2.24) is 14.7 Å². The Morgan fingerprint density at radius 3 is 2.68 bits per heavy atom. The van der Waals surface area contributed by atoms with Crippen molar-refractivity contribution in [3.05, 3.63) is 17.5 Å². The first-order chi connectivity index (χ1) is 10.2. The smallest absolute Gasteiger partial charge is 0.306 e. The number of aliphatic carboxylic acids is 1. The van der Waals surface area contributed by atoms with Gasteiger partial charge < -0.3 is 14.7 Å². The molecule has 1 aromatic rings. The number of hydrogen-bond acceptors (Lipinski definition) is 4. The monoisotopic (exact) mass is 309 g/mol. The van der Waals surface area contributed by atoms with Crippen LogP contribution in [0, 0.1) is 6.92 Å². The van der Waals surface area contributed by atoms with Crippen molar-refractivity contribution < 1.29 is 19.4 Å². The lowest BCUT2D eigenvalue weighted by Crippen LogP contribution is -2.46. The molecule has 7 heteroatoms. The van der Waals surface area contributed by atoms with Crippen LogP contribution in [0.1, 0.15) is 43.4 Å². The summed E-state index contributed by atoms with van der Waals surface area (Å²) < 4.78 is 7.22. The van der Waals surface area contributed by atoms with E-state index in [2.05, 4.69) is 5.10 Å². The summed E-state index contributed by atoms with van der Waals surface area (Å²) in [6, 6.07) is 1.77. The minimum atomic E-state index is -0.924. The third-order valence-electron chi connectivity index (χ3n) is 3.57. The predicted octanol–water partition coefficient (Wildman–Crippen LogP) is 1.26. The van der Waals surface area contributed by atoms with E-state index in [1.807, 2.05) is 32.4 Å². The predicted molar refractivity (Wildman–Crippen MR) is 79.9 cm³/mol. The minimum absolute atomic E-state index is 0.0980. The van der Waals surface area contributed by atoms with E-state index in [1.165, 1.54) is 0 Å². The summed E-state index contributed by atoms with van der Waals surface area (Å²) in [7, 11) is 0. The number of carbonyl (C=O) groups is 2. The molecule has 122 valence electrons. The van der Waals surface area contributed by atoms with Crippen LogP contribution in [-0.4, -0.2) is 57.5 Å². The summed E-state index contributed by atoms with van der Waals surface area (Å²) in [6.45, 7) is 9.09. The lowest BCUT2D eigenvalue weighted by atomic mass is 10.1. The second-order valence-electron chi connectivity index (χ2n) is 6.60. The Morgan fingerprint density at radius 2 is 2.14 bits per heavy atom. The third-order valence-corrected chi connectivity index (χ3v) is 3.57. The number of aryl methyl sites for hydroxylation is 1. The van der Waals surface area contributed by atoms with Crippen molar-refractivity contribution in [2.45, 2.75) is 45.8 Å². The average Bonchev–Trinajstić information content (AvgIpc) is 2.79. The highest BCUT2D eigenvalue weighted by atomic mass is 16.5. The molecule has 0 bridgehead atoms. The molecule has 1 aromatic heterocycles. The van der Waals surface area contributed by atoms with Crippen LogP contribution in [0.15, 0.2) is 6.07 Å². The molecule has 2 heterocycles. The maximum absolute atomic E-state index is 12.6. The Hall–Kier alpha value is -1.89. The highest BCUT2D eigenvalue weighted by molar-refractivity contribution is 5.92. The van der Waals surface area contributed by atoms with Crippen LogP contribution < -0.4 is 0 Å². The molecule has 0 aromatic carbocycles. The van der Waals surface area contributed by atoms with Crippen LogP contribution in [0.2, 0.25) is 0 Å². The van der Waals surface area contributed by atoms with Crippen LogP contribution in [0.5, 0.6) is 0 Å².